The van der Waals surface area contributed by atoms with Crippen molar-refractivity contribution in [3.8, 4) is 0 Å². The molecule has 118 valence electrons. The van der Waals surface area contributed by atoms with Crippen molar-refractivity contribution in [2.24, 2.45) is 0 Å². The van der Waals surface area contributed by atoms with Gasteiger partial charge in [0.25, 0.3) is 5.91 Å². The van der Waals surface area contributed by atoms with Gasteiger partial charge in [0, 0.05) is 12.7 Å². The van der Waals surface area contributed by atoms with Crippen LogP contribution < -0.4 is 0 Å². The van der Waals surface area contributed by atoms with Gasteiger partial charge in [0.05, 0.1) is 31.4 Å². The summed E-state index contributed by atoms with van der Waals surface area (Å²) in [4.78, 5) is 14.6. The number of carbonyl (C=O) groups excluding carboxylic acids is 1. The Kier molecular flexibility index (Phi) is 5.36. The van der Waals surface area contributed by atoms with Gasteiger partial charge in [0.1, 0.15) is 5.69 Å². The molecule has 1 saturated heterocycles. The Morgan fingerprint density at radius 3 is 2.86 bits per heavy atom. The second-order valence-electron chi connectivity index (χ2n) is 5.58. The van der Waals surface area contributed by atoms with Gasteiger partial charge in [-0.3, -0.25) is 9.48 Å². The molecule has 1 aliphatic heterocycles. The van der Waals surface area contributed by atoms with Crippen molar-refractivity contribution in [1.82, 2.24) is 14.7 Å². The van der Waals surface area contributed by atoms with Crippen LogP contribution in [0.1, 0.15) is 50.1 Å². The average Bonchev–Trinajstić information content (AvgIpc) is 2.98. The van der Waals surface area contributed by atoms with Crippen molar-refractivity contribution in [3.05, 3.63) is 18.0 Å². The van der Waals surface area contributed by atoms with Crippen molar-refractivity contribution in [3.63, 3.8) is 0 Å². The summed E-state index contributed by atoms with van der Waals surface area (Å²) in [6.45, 7) is 6.97. The second-order valence-corrected chi connectivity index (χ2v) is 5.58. The number of ether oxygens (including phenoxy) is 1. The average molecular weight is 295 g/mol. The van der Waals surface area contributed by atoms with E-state index in [1.54, 1.807) is 17.2 Å². The second kappa shape index (κ2) is 7.04. The topological polar surface area (TPSA) is 67.6 Å². The van der Waals surface area contributed by atoms with E-state index in [0.717, 1.165) is 12.8 Å². The van der Waals surface area contributed by atoms with Gasteiger partial charge in [-0.1, -0.05) is 13.8 Å². The molecule has 2 heterocycles. The molecule has 1 aromatic heterocycles. The Labute approximate surface area is 125 Å². The Morgan fingerprint density at radius 1 is 1.52 bits per heavy atom. The first-order valence-corrected chi connectivity index (χ1v) is 7.69. The zero-order chi connectivity index (χ0) is 15.4. The summed E-state index contributed by atoms with van der Waals surface area (Å²) >= 11 is 0. The van der Waals surface area contributed by atoms with Gasteiger partial charge >= 0.3 is 0 Å². The van der Waals surface area contributed by atoms with Crippen LogP contribution in [0.2, 0.25) is 0 Å². The molecule has 1 aliphatic rings. The minimum absolute atomic E-state index is 0.00496. The summed E-state index contributed by atoms with van der Waals surface area (Å²) in [5.74, 6) is -0.0337. The fourth-order valence-electron chi connectivity index (χ4n) is 2.77. The maximum absolute atomic E-state index is 12.8. The first kappa shape index (κ1) is 16.0. The van der Waals surface area contributed by atoms with Gasteiger partial charge in [0.15, 0.2) is 0 Å². The lowest BCUT2D eigenvalue weighted by molar-refractivity contribution is -0.0670. The lowest BCUT2D eigenvalue weighted by atomic mass is 10.1. The van der Waals surface area contributed by atoms with Crippen molar-refractivity contribution >= 4 is 5.91 Å². The third-order valence-electron chi connectivity index (χ3n) is 4.15. The summed E-state index contributed by atoms with van der Waals surface area (Å²) in [6, 6.07) is 2.02. The monoisotopic (exact) mass is 295 g/mol. The first-order chi connectivity index (χ1) is 10.1. The molecule has 0 aromatic carbocycles. The highest BCUT2D eigenvalue weighted by molar-refractivity contribution is 5.92. The molecule has 6 heteroatoms. The van der Waals surface area contributed by atoms with Crippen LogP contribution in [0.3, 0.4) is 0 Å². The molecule has 21 heavy (non-hydrogen) atoms. The van der Waals surface area contributed by atoms with Crippen LogP contribution >= 0.6 is 0 Å². The predicted molar refractivity (Wildman–Crippen MR) is 79.2 cm³/mol. The lowest BCUT2D eigenvalue weighted by Gasteiger charge is -2.37. The highest BCUT2D eigenvalue weighted by atomic mass is 16.5. The van der Waals surface area contributed by atoms with Crippen LogP contribution in [0.4, 0.5) is 0 Å². The molecule has 6 nitrogen and oxygen atoms in total. The molecular formula is C15H25N3O3. The number of carbonyl (C=O) groups is 1. The van der Waals surface area contributed by atoms with E-state index in [2.05, 4.69) is 18.9 Å². The highest BCUT2D eigenvalue weighted by Gasteiger charge is 2.31. The Balaban J connectivity index is 2.21. The van der Waals surface area contributed by atoms with Crippen LogP contribution in [0, 0.1) is 0 Å². The maximum Gasteiger partial charge on any atom is 0.272 e. The van der Waals surface area contributed by atoms with E-state index in [1.165, 1.54) is 0 Å². The molecule has 0 aliphatic carbocycles. The van der Waals surface area contributed by atoms with E-state index >= 15 is 0 Å². The molecule has 0 spiro atoms. The Bertz CT molecular complexity index is 470. The van der Waals surface area contributed by atoms with E-state index in [9.17, 15) is 9.90 Å². The lowest BCUT2D eigenvalue weighted by Crippen LogP contribution is -2.52. The molecule has 1 aromatic rings. The number of hydrogen-bond donors (Lipinski definition) is 1. The Hall–Kier alpha value is -1.40. The number of aliphatic hydroxyl groups excluding tert-OH is 1. The molecule has 2 rings (SSSR count). The van der Waals surface area contributed by atoms with Gasteiger partial charge < -0.3 is 14.7 Å². The largest absolute Gasteiger partial charge is 0.394 e. The van der Waals surface area contributed by atoms with Crippen molar-refractivity contribution in [1.29, 1.82) is 0 Å². The van der Waals surface area contributed by atoms with Crippen molar-refractivity contribution < 1.29 is 14.6 Å². The number of nitrogens with zero attached hydrogens (tertiary/aromatic N) is 3. The fraction of sp³-hybridized carbons (Fsp3) is 0.733. The fourth-order valence-corrected chi connectivity index (χ4v) is 2.77. The first-order valence-electron chi connectivity index (χ1n) is 7.69. The molecule has 1 amide bonds. The molecule has 1 N–H and O–H groups in total. The van der Waals surface area contributed by atoms with Crippen molar-refractivity contribution in [2.45, 2.75) is 51.8 Å². The standard InChI is InChI=1S/C15H25N3O3/c1-4-12(5-2)18-14(6-7-16-18)15(20)17-8-13(9-19)21-10-11(17)3/h6-7,11-13,19H,4-5,8-10H2,1-3H3. The van der Waals surface area contributed by atoms with Crippen LogP contribution in [0.15, 0.2) is 12.3 Å². The summed E-state index contributed by atoms with van der Waals surface area (Å²) in [6.07, 6.45) is 3.27. The number of aromatic nitrogens is 2. The number of rotatable bonds is 5. The SMILES string of the molecule is CCC(CC)n1nccc1C(=O)N1CC(CO)OCC1C. The van der Waals surface area contributed by atoms with E-state index < -0.39 is 0 Å². The van der Waals surface area contributed by atoms with E-state index in [1.807, 2.05) is 11.6 Å². The highest BCUT2D eigenvalue weighted by Crippen LogP contribution is 2.20. The van der Waals surface area contributed by atoms with Crippen LogP contribution in [-0.4, -0.2) is 57.6 Å². The molecule has 2 unspecified atom stereocenters. The summed E-state index contributed by atoms with van der Waals surface area (Å²) < 4.78 is 7.32. The molecule has 1 fully saturated rings. The third-order valence-corrected chi connectivity index (χ3v) is 4.15. The van der Waals surface area contributed by atoms with E-state index in [4.69, 9.17) is 4.74 Å². The number of hydrogen-bond acceptors (Lipinski definition) is 4. The van der Waals surface area contributed by atoms with Gasteiger partial charge in [-0.15, -0.1) is 0 Å². The molecule has 0 bridgehead atoms. The summed E-state index contributed by atoms with van der Waals surface area (Å²) in [5.41, 5.74) is 0.620. The smallest absolute Gasteiger partial charge is 0.272 e. The van der Waals surface area contributed by atoms with E-state index in [-0.39, 0.29) is 30.7 Å². The zero-order valence-corrected chi connectivity index (χ0v) is 13.0. The molecule has 0 radical (unpaired) electrons. The number of morpholine rings is 1. The minimum Gasteiger partial charge on any atom is -0.394 e. The van der Waals surface area contributed by atoms with Gasteiger partial charge in [-0.05, 0) is 25.8 Å². The van der Waals surface area contributed by atoms with E-state index in [0.29, 0.717) is 18.8 Å². The zero-order valence-electron chi connectivity index (χ0n) is 13.0. The normalized spacial score (nSPS) is 22.8. The third kappa shape index (κ3) is 3.27. The van der Waals surface area contributed by atoms with Gasteiger partial charge in [-0.25, -0.2) is 0 Å². The predicted octanol–water partition coefficient (Wildman–Crippen LogP) is 1.47. The van der Waals surface area contributed by atoms with Gasteiger partial charge in [-0.2, -0.15) is 5.10 Å². The number of amides is 1. The van der Waals surface area contributed by atoms with Crippen molar-refractivity contribution in [2.75, 3.05) is 19.8 Å². The maximum atomic E-state index is 12.8. The molecular weight excluding hydrogens is 270 g/mol. The van der Waals surface area contributed by atoms with Crippen LogP contribution in [0.5, 0.6) is 0 Å². The van der Waals surface area contributed by atoms with Crippen LogP contribution in [0.25, 0.3) is 0 Å². The van der Waals surface area contributed by atoms with Gasteiger partial charge in [0.2, 0.25) is 0 Å². The summed E-state index contributed by atoms with van der Waals surface area (Å²) in [5, 5.41) is 13.6. The van der Waals surface area contributed by atoms with Crippen LogP contribution in [-0.2, 0) is 4.74 Å². The minimum atomic E-state index is -0.297. The number of aliphatic hydroxyl groups is 1. The summed E-state index contributed by atoms with van der Waals surface area (Å²) in [7, 11) is 0. The molecule has 0 saturated carbocycles. The quantitative estimate of drug-likeness (QED) is 0.893. The Morgan fingerprint density at radius 2 is 2.24 bits per heavy atom. The molecule has 2 atom stereocenters.